The normalized spacial score (nSPS) is 8.00. The molecular formula is C5H4FNO3. The molecule has 54 valence electrons. The van der Waals surface area contributed by atoms with Crippen molar-refractivity contribution in [3.63, 3.8) is 0 Å². The number of hydrogen-bond acceptors (Lipinski definition) is 4. The Morgan fingerprint density at radius 2 is 2.10 bits per heavy atom. The Hall–Kier alpha value is -1.44. The molecule has 0 aliphatic heterocycles. The highest BCUT2D eigenvalue weighted by Gasteiger charge is 2.07. The zero-order valence-electron chi connectivity index (χ0n) is 4.96. The second-order valence-corrected chi connectivity index (χ2v) is 1.31. The molecule has 0 atom stereocenters. The SMILES string of the molecule is N#CCC(=O)OC(=O)CF. The number of carbonyl (C=O) groups is 2. The van der Waals surface area contributed by atoms with Gasteiger partial charge in [-0.1, -0.05) is 0 Å². The first kappa shape index (κ1) is 8.56. The summed E-state index contributed by atoms with van der Waals surface area (Å²) < 4.78 is 15.0. The number of nitrogens with zero attached hydrogens (tertiary/aromatic N) is 1. The smallest absolute Gasteiger partial charge is 0.345 e. The van der Waals surface area contributed by atoms with E-state index in [0.717, 1.165) is 0 Å². The third kappa shape index (κ3) is 3.55. The van der Waals surface area contributed by atoms with Gasteiger partial charge in [-0.05, 0) is 0 Å². The van der Waals surface area contributed by atoms with Crippen LogP contribution in [0.5, 0.6) is 0 Å². The lowest BCUT2D eigenvalue weighted by Gasteiger charge is -1.92. The number of hydrogen-bond donors (Lipinski definition) is 0. The molecule has 0 aliphatic rings. The van der Waals surface area contributed by atoms with E-state index in [-0.39, 0.29) is 0 Å². The van der Waals surface area contributed by atoms with Crippen LogP contribution >= 0.6 is 0 Å². The molecule has 0 spiro atoms. The molecule has 0 heterocycles. The summed E-state index contributed by atoms with van der Waals surface area (Å²) in [6.07, 6.45) is -0.536. The molecule has 0 saturated heterocycles. The fourth-order valence-electron chi connectivity index (χ4n) is 0.255. The van der Waals surface area contributed by atoms with Gasteiger partial charge in [-0.2, -0.15) is 5.26 Å². The van der Waals surface area contributed by atoms with E-state index in [0.29, 0.717) is 0 Å². The highest BCUT2D eigenvalue weighted by molar-refractivity contribution is 5.86. The summed E-state index contributed by atoms with van der Waals surface area (Å²) in [6.45, 7) is -1.35. The Morgan fingerprint density at radius 3 is 2.50 bits per heavy atom. The number of nitriles is 1. The first-order valence-corrected chi connectivity index (χ1v) is 2.37. The lowest BCUT2D eigenvalue weighted by molar-refractivity contribution is -0.159. The quantitative estimate of drug-likeness (QED) is 0.403. The van der Waals surface area contributed by atoms with Crippen molar-refractivity contribution in [1.82, 2.24) is 0 Å². The summed E-state index contributed by atoms with van der Waals surface area (Å²) in [5.74, 6) is -2.29. The van der Waals surface area contributed by atoms with E-state index in [1.54, 1.807) is 0 Å². The average Bonchev–Trinajstić information content (AvgIpc) is 1.88. The van der Waals surface area contributed by atoms with Crippen molar-refractivity contribution in [3.05, 3.63) is 0 Å². The van der Waals surface area contributed by atoms with E-state index in [1.165, 1.54) is 6.07 Å². The van der Waals surface area contributed by atoms with E-state index in [1.807, 2.05) is 0 Å². The lowest BCUT2D eigenvalue weighted by atomic mass is 10.5. The van der Waals surface area contributed by atoms with Gasteiger partial charge in [-0.3, -0.25) is 4.79 Å². The Kier molecular flexibility index (Phi) is 3.80. The summed E-state index contributed by atoms with van der Waals surface area (Å²) >= 11 is 0. The minimum atomic E-state index is -1.35. The summed E-state index contributed by atoms with van der Waals surface area (Å²) in [4.78, 5) is 20.1. The van der Waals surface area contributed by atoms with Gasteiger partial charge in [-0.15, -0.1) is 0 Å². The molecule has 0 rings (SSSR count). The van der Waals surface area contributed by atoms with Crippen molar-refractivity contribution < 1.29 is 18.7 Å². The van der Waals surface area contributed by atoms with Crippen LogP contribution in [0.25, 0.3) is 0 Å². The monoisotopic (exact) mass is 145 g/mol. The van der Waals surface area contributed by atoms with Crippen molar-refractivity contribution in [2.24, 2.45) is 0 Å². The Morgan fingerprint density at radius 1 is 1.50 bits per heavy atom. The third-order valence-electron chi connectivity index (χ3n) is 0.560. The summed E-state index contributed by atoms with van der Waals surface area (Å²) in [7, 11) is 0. The van der Waals surface area contributed by atoms with Crippen LogP contribution in [0.4, 0.5) is 4.39 Å². The molecule has 0 aromatic carbocycles. The first-order chi connectivity index (χ1) is 4.70. The zero-order chi connectivity index (χ0) is 7.98. The molecule has 0 amide bonds. The molecule has 0 aromatic rings. The van der Waals surface area contributed by atoms with Crippen molar-refractivity contribution in [2.75, 3.05) is 6.67 Å². The van der Waals surface area contributed by atoms with E-state index < -0.39 is 25.0 Å². The van der Waals surface area contributed by atoms with Crippen LogP contribution in [-0.4, -0.2) is 18.6 Å². The second kappa shape index (κ2) is 4.44. The number of esters is 2. The molecule has 0 bridgehead atoms. The van der Waals surface area contributed by atoms with Gasteiger partial charge in [0, 0.05) is 0 Å². The van der Waals surface area contributed by atoms with Crippen molar-refractivity contribution in [1.29, 1.82) is 5.26 Å². The number of ether oxygens (including phenoxy) is 1. The minimum Gasteiger partial charge on any atom is -0.390 e. The Labute approximate surface area is 56.2 Å². The molecule has 5 heteroatoms. The summed E-state index contributed by atoms with van der Waals surface area (Å²) in [5, 5.41) is 7.87. The predicted molar refractivity (Wildman–Crippen MR) is 27.3 cm³/mol. The number of halogens is 1. The molecule has 0 unspecified atom stereocenters. The van der Waals surface area contributed by atoms with Crippen molar-refractivity contribution >= 4 is 11.9 Å². The van der Waals surface area contributed by atoms with Crippen LogP contribution in [0.3, 0.4) is 0 Å². The molecule has 10 heavy (non-hydrogen) atoms. The molecular weight excluding hydrogens is 141 g/mol. The summed E-state index contributed by atoms with van der Waals surface area (Å²) in [5.41, 5.74) is 0. The molecule has 0 radical (unpaired) electrons. The van der Waals surface area contributed by atoms with Gasteiger partial charge >= 0.3 is 11.9 Å². The van der Waals surface area contributed by atoms with Crippen molar-refractivity contribution in [3.8, 4) is 6.07 Å². The van der Waals surface area contributed by atoms with Crippen LogP contribution in [0.1, 0.15) is 6.42 Å². The Balaban J connectivity index is 3.60. The van der Waals surface area contributed by atoms with Gasteiger partial charge in [0.15, 0.2) is 6.67 Å². The fourth-order valence-corrected chi connectivity index (χ4v) is 0.255. The van der Waals surface area contributed by atoms with Gasteiger partial charge in [0.2, 0.25) is 0 Å². The van der Waals surface area contributed by atoms with Gasteiger partial charge in [0.1, 0.15) is 6.42 Å². The number of alkyl halides is 1. The standard InChI is InChI=1S/C5H4FNO3/c6-3-5(9)10-4(8)1-2-7/h1,3H2. The predicted octanol–water partition coefficient (Wildman–Crippen LogP) is -0.0606. The molecule has 0 saturated carbocycles. The van der Waals surface area contributed by atoms with E-state index in [2.05, 4.69) is 4.74 Å². The maximum atomic E-state index is 11.3. The van der Waals surface area contributed by atoms with Crippen LogP contribution in [0.2, 0.25) is 0 Å². The van der Waals surface area contributed by atoms with Gasteiger partial charge in [-0.25, -0.2) is 9.18 Å². The van der Waals surface area contributed by atoms with Crippen molar-refractivity contribution in [2.45, 2.75) is 6.42 Å². The highest BCUT2D eigenvalue weighted by Crippen LogP contribution is 1.85. The number of rotatable bonds is 2. The number of carbonyl (C=O) groups excluding carboxylic acids is 2. The maximum absolute atomic E-state index is 11.3. The summed E-state index contributed by atoms with van der Waals surface area (Å²) in [6, 6.07) is 1.45. The van der Waals surface area contributed by atoms with Crippen LogP contribution in [-0.2, 0) is 14.3 Å². The van der Waals surface area contributed by atoms with Crippen LogP contribution in [0, 0.1) is 11.3 Å². The van der Waals surface area contributed by atoms with E-state index in [4.69, 9.17) is 5.26 Å². The van der Waals surface area contributed by atoms with Gasteiger partial charge < -0.3 is 4.74 Å². The average molecular weight is 145 g/mol. The lowest BCUT2D eigenvalue weighted by Crippen LogP contribution is -2.12. The largest absolute Gasteiger partial charge is 0.390 e. The first-order valence-electron chi connectivity index (χ1n) is 2.37. The minimum absolute atomic E-state index is 0.536. The second-order valence-electron chi connectivity index (χ2n) is 1.31. The Bertz CT molecular complexity index is 184. The van der Waals surface area contributed by atoms with Gasteiger partial charge in [0.25, 0.3) is 0 Å². The zero-order valence-corrected chi connectivity index (χ0v) is 4.96. The fraction of sp³-hybridized carbons (Fsp3) is 0.400. The maximum Gasteiger partial charge on any atom is 0.345 e. The van der Waals surface area contributed by atoms with Gasteiger partial charge in [0.05, 0.1) is 6.07 Å². The van der Waals surface area contributed by atoms with E-state index >= 15 is 0 Å². The molecule has 0 aliphatic carbocycles. The molecule has 0 N–H and O–H groups in total. The molecule has 0 aromatic heterocycles. The van der Waals surface area contributed by atoms with E-state index in [9.17, 15) is 14.0 Å². The van der Waals surface area contributed by atoms with Crippen LogP contribution in [0.15, 0.2) is 0 Å². The highest BCUT2D eigenvalue weighted by atomic mass is 19.1. The molecule has 4 nitrogen and oxygen atoms in total. The third-order valence-corrected chi connectivity index (χ3v) is 0.560. The van der Waals surface area contributed by atoms with Crippen LogP contribution < -0.4 is 0 Å². The topological polar surface area (TPSA) is 67.2 Å². The molecule has 0 fully saturated rings.